The molecule has 0 aliphatic rings. The molecular formula is C11H8N2O. The number of carbonyl (C=O) groups is 1. The van der Waals surface area contributed by atoms with Gasteiger partial charge in [0.1, 0.15) is 6.07 Å². The highest BCUT2D eigenvalue weighted by Gasteiger charge is 2.02. The highest BCUT2D eigenvalue weighted by Crippen LogP contribution is 2.00. The maximum Gasteiger partial charge on any atom is 0.214 e. The first-order chi connectivity index (χ1) is 6.74. The number of benzene rings is 1. The van der Waals surface area contributed by atoms with Crippen LogP contribution in [0.25, 0.3) is 6.08 Å². The number of carbonyl (C=O) groups excluding carboxylic acids is 1. The Morgan fingerprint density at radius 3 is 2.57 bits per heavy atom. The van der Waals surface area contributed by atoms with Gasteiger partial charge in [0.05, 0.1) is 0 Å². The van der Waals surface area contributed by atoms with Crippen LogP contribution in [0, 0.1) is 16.7 Å². The molecule has 68 valence electrons. The summed E-state index contributed by atoms with van der Waals surface area (Å²) >= 11 is 0. The second-order valence-corrected chi connectivity index (χ2v) is 2.60. The zero-order valence-electron chi connectivity index (χ0n) is 7.40. The van der Waals surface area contributed by atoms with Gasteiger partial charge in [0.15, 0.2) is 5.71 Å². The van der Waals surface area contributed by atoms with Crippen molar-refractivity contribution in [2.45, 2.75) is 0 Å². The molecule has 0 saturated heterocycles. The normalized spacial score (nSPS) is 9.64. The lowest BCUT2D eigenvalue weighted by Crippen LogP contribution is -2.05. The van der Waals surface area contributed by atoms with Gasteiger partial charge in [0.25, 0.3) is 0 Å². The summed E-state index contributed by atoms with van der Waals surface area (Å²) in [5, 5.41) is 15.2. The molecule has 0 fully saturated rings. The van der Waals surface area contributed by atoms with Gasteiger partial charge in [0.2, 0.25) is 5.78 Å². The van der Waals surface area contributed by atoms with E-state index in [1.807, 2.05) is 30.3 Å². The first kappa shape index (κ1) is 9.87. The summed E-state index contributed by atoms with van der Waals surface area (Å²) in [7, 11) is 0. The van der Waals surface area contributed by atoms with Crippen molar-refractivity contribution >= 4 is 17.6 Å². The largest absolute Gasteiger partial charge is 0.287 e. The number of allylic oxidation sites excluding steroid dienone is 1. The number of hydrogen-bond donors (Lipinski definition) is 1. The second kappa shape index (κ2) is 4.73. The van der Waals surface area contributed by atoms with Crippen molar-refractivity contribution in [2.24, 2.45) is 0 Å². The molecule has 0 heterocycles. The fourth-order valence-corrected chi connectivity index (χ4v) is 0.874. The number of hydrogen-bond acceptors (Lipinski definition) is 3. The third-order valence-corrected chi connectivity index (χ3v) is 1.58. The molecule has 0 unspecified atom stereocenters. The summed E-state index contributed by atoms with van der Waals surface area (Å²) in [6.45, 7) is 0. The van der Waals surface area contributed by atoms with Crippen molar-refractivity contribution in [3.05, 3.63) is 42.0 Å². The van der Waals surface area contributed by atoms with Gasteiger partial charge in [0, 0.05) is 0 Å². The molecule has 0 aliphatic carbocycles. The number of nitrogens with zero attached hydrogens (tertiary/aromatic N) is 1. The number of nitriles is 1. The summed E-state index contributed by atoms with van der Waals surface area (Å²) in [5.41, 5.74) is 0.323. The Labute approximate surface area is 81.8 Å². The second-order valence-electron chi connectivity index (χ2n) is 2.60. The van der Waals surface area contributed by atoms with E-state index in [2.05, 4.69) is 0 Å². The zero-order valence-corrected chi connectivity index (χ0v) is 7.40. The van der Waals surface area contributed by atoms with Crippen LogP contribution in [-0.2, 0) is 4.79 Å². The molecular weight excluding hydrogens is 176 g/mol. The lowest BCUT2D eigenvalue weighted by atomic mass is 10.2. The van der Waals surface area contributed by atoms with E-state index >= 15 is 0 Å². The molecule has 0 aromatic heterocycles. The first-order valence-corrected chi connectivity index (χ1v) is 4.00. The maximum atomic E-state index is 11.0. The van der Waals surface area contributed by atoms with Gasteiger partial charge >= 0.3 is 0 Å². The Kier molecular flexibility index (Phi) is 3.33. The van der Waals surface area contributed by atoms with Crippen LogP contribution in [0.2, 0.25) is 0 Å². The van der Waals surface area contributed by atoms with E-state index in [0.717, 1.165) is 5.56 Å². The van der Waals surface area contributed by atoms with E-state index in [-0.39, 0.29) is 0 Å². The van der Waals surface area contributed by atoms with Gasteiger partial charge in [-0.05, 0) is 11.6 Å². The first-order valence-electron chi connectivity index (χ1n) is 4.00. The average molecular weight is 184 g/mol. The lowest BCUT2D eigenvalue weighted by molar-refractivity contribution is -0.108. The van der Waals surface area contributed by atoms with Crippen molar-refractivity contribution in [2.75, 3.05) is 0 Å². The Balaban J connectivity index is 2.71. The molecule has 3 heteroatoms. The van der Waals surface area contributed by atoms with Gasteiger partial charge in [-0.1, -0.05) is 36.4 Å². The zero-order chi connectivity index (χ0) is 10.4. The topological polar surface area (TPSA) is 64.7 Å². The predicted octanol–water partition coefficient (Wildman–Crippen LogP) is 1.81. The van der Waals surface area contributed by atoms with Gasteiger partial charge < -0.3 is 0 Å². The van der Waals surface area contributed by atoms with Crippen LogP contribution in [0.15, 0.2) is 36.4 Å². The predicted molar refractivity (Wildman–Crippen MR) is 53.8 cm³/mol. The van der Waals surface area contributed by atoms with Crippen molar-refractivity contribution in [3.63, 3.8) is 0 Å². The fraction of sp³-hybridized carbons (Fsp3) is 0. The Hall–Kier alpha value is -2.21. The monoisotopic (exact) mass is 184 g/mol. The van der Waals surface area contributed by atoms with E-state index in [9.17, 15) is 4.79 Å². The van der Waals surface area contributed by atoms with Crippen molar-refractivity contribution < 1.29 is 4.79 Å². The summed E-state index contributed by atoms with van der Waals surface area (Å²) in [5.74, 6) is -0.573. The van der Waals surface area contributed by atoms with Crippen LogP contribution in [-0.4, -0.2) is 11.5 Å². The minimum absolute atomic E-state index is 0.544. The van der Waals surface area contributed by atoms with Crippen LogP contribution in [0.1, 0.15) is 5.56 Å². The van der Waals surface area contributed by atoms with Crippen molar-refractivity contribution in [1.82, 2.24) is 0 Å². The van der Waals surface area contributed by atoms with E-state index in [0.29, 0.717) is 0 Å². The van der Waals surface area contributed by atoms with Crippen LogP contribution >= 0.6 is 0 Å². The highest BCUT2D eigenvalue weighted by atomic mass is 16.1. The molecule has 0 atom stereocenters. The third-order valence-electron chi connectivity index (χ3n) is 1.58. The van der Waals surface area contributed by atoms with Crippen LogP contribution in [0.4, 0.5) is 0 Å². The van der Waals surface area contributed by atoms with Crippen molar-refractivity contribution in [1.29, 1.82) is 10.7 Å². The number of nitrogens with one attached hydrogen (secondary N) is 1. The summed E-state index contributed by atoms with van der Waals surface area (Å²) in [6, 6.07) is 10.7. The maximum absolute atomic E-state index is 11.0. The standard InChI is InChI=1S/C11H8N2O/c12-8-10(13)11(14)7-6-9-4-2-1-3-5-9/h1-7,13H/b7-6+,13-10?. The van der Waals surface area contributed by atoms with E-state index in [4.69, 9.17) is 10.7 Å². The van der Waals surface area contributed by atoms with E-state index in [1.54, 1.807) is 6.08 Å². The summed E-state index contributed by atoms with van der Waals surface area (Å²) in [6.07, 6.45) is 2.80. The van der Waals surface area contributed by atoms with Gasteiger partial charge in [-0.25, -0.2) is 0 Å². The number of rotatable bonds is 3. The van der Waals surface area contributed by atoms with Crippen LogP contribution < -0.4 is 0 Å². The summed E-state index contributed by atoms with van der Waals surface area (Å²) < 4.78 is 0. The fourth-order valence-electron chi connectivity index (χ4n) is 0.874. The molecule has 0 radical (unpaired) electrons. The molecule has 1 aromatic carbocycles. The molecule has 1 N–H and O–H groups in total. The molecule has 1 rings (SSSR count). The molecule has 0 aliphatic heterocycles. The van der Waals surface area contributed by atoms with Gasteiger partial charge in [-0.15, -0.1) is 0 Å². The smallest absolute Gasteiger partial charge is 0.214 e. The van der Waals surface area contributed by atoms with Gasteiger partial charge in [-0.2, -0.15) is 5.26 Å². The van der Waals surface area contributed by atoms with E-state index in [1.165, 1.54) is 12.1 Å². The third kappa shape index (κ3) is 2.68. The van der Waals surface area contributed by atoms with Crippen molar-refractivity contribution in [3.8, 4) is 6.07 Å². The minimum atomic E-state index is -0.573. The van der Waals surface area contributed by atoms with Gasteiger partial charge in [-0.3, -0.25) is 10.2 Å². The average Bonchev–Trinajstić information content (AvgIpc) is 2.26. The molecule has 0 bridgehead atoms. The summed E-state index contributed by atoms with van der Waals surface area (Å²) in [4.78, 5) is 11.0. The number of ketones is 1. The van der Waals surface area contributed by atoms with E-state index < -0.39 is 11.5 Å². The highest BCUT2D eigenvalue weighted by molar-refractivity contribution is 6.48. The Morgan fingerprint density at radius 1 is 1.36 bits per heavy atom. The SMILES string of the molecule is N#CC(=N)C(=O)/C=C/c1ccccc1. The molecule has 3 nitrogen and oxygen atoms in total. The minimum Gasteiger partial charge on any atom is -0.287 e. The Bertz CT molecular complexity index is 413. The molecule has 0 amide bonds. The molecule has 0 saturated carbocycles. The van der Waals surface area contributed by atoms with Crippen LogP contribution in [0.5, 0.6) is 0 Å². The lowest BCUT2D eigenvalue weighted by Gasteiger charge is -1.89. The van der Waals surface area contributed by atoms with Crippen LogP contribution in [0.3, 0.4) is 0 Å². The molecule has 1 aromatic rings. The quantitative estimate of drug-likeness (QED) is 0.575. The Morgan fingerprint density at radius 2 is 2.00 bits per heavy atom. The molecule has 14 heavy (non-hydrogen) atoms. The molecule has 0 spiro atoms.